The highest BCUT2D eigenvalue weighted by Crippen LogP contribution is 2.18. The molecule has 1 heterocycles. The minimum atomic E-state index is -0.106. The van der Waals surface area contributed by atoms with Crippen molar-refractivity contribution in [1.29, 1.82) is 0 Å². The van der Waals surface area contributed by atoms with Crippen LogP contribution in [-0.2, 0) is 6.61 Å². The van der Waals surface area contributed by atoms with Crippen molar-refractivity contribution in [2.75, 3.05) is 6.61 Å². The molecular formula is C15H14O2S. The summed E-state index contributed by atoms with van der Waals surface area (Å²) in [6.07, 6.45) is 0. The quantitative estimate of drug-likeness (QED) is 0.858. The van der Waals surface area contributed by atoms with Gasteiger partial charge in [-0.3, -0.25) is 0 Å². The largest absolute Gasteiger partial charge is 0.488 e. The van der Waals surface area contributed by atoms with Crippen LogP contribution in [0.25, 0.3) is 0 Å². The topological polar surface area (TPSA) is 29.5 Å². The number of hydrogen-bond donors (Lipinski definition) is 1. The second-order valence-corrected chi connectivity index (χ2v) is 4.86. The molecule has 0 aliphatic carbocycles. The molecule has 0 fully saturated rings. The van der Waals surface area contributed by atoms with Crippen molar-refractivity contribution in [2.45, 2.75) is 13.5 Å². The molecule has 18 heavy (non-hydrogen) atoms. The summed E-state index contributed by atoms with van der Waals surface area (Å²) < 4.78 is 5.70. The average molecular weight is 258 g/mol. The fourth-order valence-corrected chi connectivity index (χ4v) is 2.25. The Kier molecular flexibility index (Phi) is 4.40. The molecule has 2 nitrogen and oxygen atoms in total. The van der Waals surface area contributed by atoms with Crippen molar-refractivity contribution in [3.05, 3.63) is 51.7 Å². The van der Waals surface area contributed by atoms with E-state index < -0.39 is 0 Å². The highest BCUT2D eigenvalue weighted by molar-refractivity contribution is 7.10. The highest BCUT2D eigenvalue weighted by Gasteiger charge is 1.99. The van der Waals surface area contributed by atoms with Gasteiger partial charge in [-0.05, 0) is 30.7 Å². The summed E-state index contributed by atoms with van der Waals surface area (Å²) in [4.78, 5) is 1.12. The molecule has 0 aliphatic heterocycles. The Morgan fingerprint density at radius 2 is 2.22 bits per heavy atom. The van der Waals surface area contributed by atoms with E-state index in [-0.39, 0.29) is 6.61 Å². The molecule has 2 aromatic rings. The Hall–Kier alpha value is -1.76. The number of hydrogen-bond acceptors (Lipinski definition) is 3. The molecule has 0 atom stereocenters. The molecule has 3 heteroatoms. The van der Waals surface area contributed by atoms with Crippen molar-refractivity contribution in [2.24, 2.45) is 0 Å². The highest BCUT2D eigenvalue weighted by atomic mass is 32.1. The van der Waals surface area contributed by atoms with Gasteiger partial charge in [-0.1, -0.05) is 24.0 Å². The van der Waals surface area contributed by atoms with Crippen LogP contribution in [0.1, 0.15) is 16.0 Å². The minimum Gasteiger partial charge on any atom is -0.488 e. The van der Waals surface area contributed by atoms with Gasteiger partial charge >= 0.3 is 0 Å². The Balaban J connectivity index is 1.96. The summed E-state index contributed by atoms with van der Waals surface area (Å²) in [6.45, 7) is 2.49. The number of aliphatic hydroxyl groups excluding tert-OH is 1. The lowest BCUT2D eigenvalue weighted by molar-refractivity contribution is 0.309. The first-order valence-electron chi connectivity index (χ1n) is 5.64. The summed E-state index contributed by atoms with van der Waals surface area (Å²) in [5.74, 6) is 6.39. The van der Waals surface area contributed by atoms with E-state index in [4.69, 9.17) is 9.84 Å². The molecule has 0 bridgehead atoms. The van der Waals surface area contributed by atoms with E-state index in [1.54, 1.807) is 11.3 Å². The van der Waals surface area contributed by atoms with Crippen molar-refractivity contribution in [3.8, 4) is 17.6 Å². The summed E-state index contributed by atoms with van der Waals surface area (Å²) in [5, 5.41) is 10.6. The first kappa shape index (κ1) is 12.7. The van der Waals surface area contributed by atoms with Gasteiger partial charge < -0.3 is 9.84 Å². The standard InChI is InChI=1S/C15H14O2S/c1-12-4-2-6-14(8-12)17-10-15-9-13(11-18-15)5-3-7-16/h2,4,6,8-9,11,16H,7,10H2,1H3. The van der Waals surface area contributed by atoms with Crippen LogP contribution in [0.5, 0.6) is 5.75 Å². The fraction of sp³-hybridized carbons (Fsp3) is 0.200. The van der Waals surface area contributed by atoms with Crippen LogP contribution >= 0.6 is 11.3 Å². The van der Waals surface area contributed by atoms with Gasteiger partial charge in [0.2, 0.25) is 0 Å². The van der Waals surface area contributed by atoms with Crippen LogP contribution in [0.4, 0.5) is 0 Å². The van der Waals surface area contributed by atoms with Gasteiger partial charge in [-0.15, -0.1) is 11.3 Å². The van der Waals surface area contributed by atoms with Crippen LogP contribution in [0, 0.1) is 18.8 Å². The zero-order valence-corrected chi connectivity index (χ0v) is 11.0. The molecule has 0 spiro atoms. The van der Waals surface area contributed by atoms with E-state index in [9.17, 15) is 0 Å². The molecule has 0 aliphatic rings. The lowest BCUT2D eigenvalue weighted by Crippen LogP contribution is -1.92. The Morgan fingerprint density at radius 3 is 3.00 bits per heavy atom. The van der Waals surface area contributed by atoms with Gasteiger partial charge in [0, 0.05) is 15.8 Å². The zero-order chi connectivity index (χ0) is 12.8. The van der Waals surface area contributed by atoms with Crippen molar-refractivity contribution in [3.63, 3.8) is 0 Å². The lowest BCUT2D eigenvalue weighted by atomic mass is 10.2. The number of aryl methyl sites for hydroxylation is 1. The molecule has 1 aromatic heterocycles. The first-order valence-corrected chi connectivity index (χ1v) is 6.52. The van der Waals surface area contributed by atoms with Crippen LogP contribution < -0.4 is 4.74 Å². The second-order valence-electron chi connectivity index (χ2n) is 3.87. The third-order valence-electron chi connectivity index (χ3n) is 2.34. The third kappa shape index (κ3) is 3.63. The first-order chi connectivity index (χ1) is 8.78. The Morgan fingerprint density at radius 1 is 1.33 bits per heavy atom. The van der Waals surface area contributed by atoms with Crippen LogP contribution in [0.3, 0.4) is 0 Å². The zero-order valence-electron chi connectivity index (χ0n) is 10.1. The van der Waals surface area contributed by atoms with E-state index in [0.29, 0.717) is 6.61 Å². The maximum Gasteiger partial charge on any atom is 0.122 e. The molecule has 0 amide bonds. The number of aliphatic hydroxyl groups is 1. The van der Waals surface area contributed by atoms with Gasteiger partial charge in [0.25, 0.3) is 0 Å². The van der Waals surface area contributed by atoms with Crippen molar-refractivity contribution in [1.82, 2.24) is 0 Å². The van der Waals surface area contributed by atoms with Crippen LogP contribution in [0.2, 0.25) is 0 Å². The Labute approximate surface area is 111 Å². The van der Waals surface area contributed by atoms with Crippen molar-refractivity contribution < 1.29 is 9.84 Å². The molecular weight excluding hydrogens is 244 g/mol. The van der Waals surface area contributed by atoms with E-state index >= 15 is 0 Å². The summed E-state index contributed by atoms with van der Waals surface area (Å²) in [6, 6.07) is 9.98. The molecule has 0 saturated carbocycles. The molecule has 1 N–H and O–H groups in total. The molecule has 0 unspecified atom stereocenters. The molecule has 92 valence electrons. The number of ether oxygens (including phenoxy) is 1. The van der Waals surface area contributed by atoms with E-state index in [0.717, 1.165) is 16.2 Å². The lowest BCUT2D eigenvalue weighted by Gasteiger charge is -2.04. The molecule has 2 rings (SSSR count). The normalized spacial score (nSPS) is 9.67. The summed E-state index contributed by atoms with van der Waals surface area (Å²) in [7, 11) is 0. The number of benzene rings is 1. The smallest absolute Gasteiger partial charge is 0.122 e. The minimum absolute atomic E-state index is 0.106. The van der Waals surface area contributed by atoms with Crippen molar-refractivity contribution >= 4 is 11.3 Å². The SMILES string of the molecule is Cc1cccc(OCc2cc(C#CCO)cs2)c1. The molecule has 1 aromatic carbocycles. The maximum atomic E-state index is 8.62. The van der Waals surface area contributed by atoms with Gasteiger partial charge in [-0.25, -0.2) is 0 Å². The Bertz CT molecular complexity index is 575. The van der Waals surface area contributed by atoms with Gasteiger partial charge in [0.15, 0.2) is 0 Å². The predicted molar refractivity (Wildman–Crippen MR) is 73.8 cm³/mol. The molecule has 0 radical (unpaired) electrons. The van der Waals surface area contributed by atoms with Crippen LogP contribution in [0.15, 0.2) is 35.7 Å². The average Bonchev–Trinajstić information content (AvgIpc) is 2.82. The summed E-state index contributed by atoms with van der Waals surface area (Å²) >= 11 is 1.61. The van der Waals surface area contributed by atoms with E-state index in [1.807, 2.05) is 42.6 Å². The number of rotatable bonds is 3. The maximum absolute atomic E-state index is 8.62. The summed E-state index contributed by atoms with van der Waals surface area (Å²) in [5.41, 5.74) is 2.12. The van der Waals surface area contributed by atoms with Gasteiger partial charge in [-0.2, -0.15) is 0 Å². The van der Waals surface area contributed by atoms with E-state index in [1.165, 1.54) is 5.56 Å². The fourth-order valence-electron chi connectivity index (χ4n) is 1.52. The van der Waals surface area contributed by atoms with E-state index in [2.05, 4.69) is 11.8 Å². The van der Waals surface area contributed by atoms with Gasteiger partial charge in [0.05, 0.1) is 0 Å². The monoisotopic (exact) mass is 258 g/mol. The third-order valence-corrected chi connectivity index (χ3v) is 3.25. The predicted octanol–water partition coefficient (Wildman–Crippen LogP) is 2.98. The molecule has 0 saturated heterocycles. The second kappa shape index (κ2) is 6.25. The van der Waals surface area contributed by atoms with Crippen LogP contribution in [-0.4, -0.2) is 11.7 Å². The van der Waals surface area contributed by atoms with Gasteiger partial charge in [0.1, 0.15) is 19.0 Å². The number of thiophene rings is 1.